The summed E-state index contributed by atoms with van der Waals surface area (Å²) in [6, 6.07) is 0. The number of rotatable bonds is 2. The zero-order valence-corrected chi connectivity index (χ0v) is 30.5. The fraction of sp³-hybridized carbons (Fsp3) is 0.188. The van der Waals surface area contributed by atoms with Gasteiger partial charge in [-0.2, -0.15) is 6.92 Å². The average molecular weight is 730 g/mol. The molecule has 0 atom stereocenters. The molecule has 0 bridgehead atoms. The third-order valence-corrected chi connectivity index (χ3v) is 0.167. The van der Waals surface area contributed by atoms with Crippen molar-refractivity contribution in [3.05, 3.63) is 66.2 Å². The van der Waals surface area contributed by atoms with Crippen LogP contribution in [0.2, 0.25) is 0 Å². The van der Waals surface area contributed by atoms with Crippen molar-refractivity contribution in [2.75, 3.05) is 0 Å². The summed E-state index contributed by atoms with van der Waals surface area (Å²) in [4.78, 5) is 26.5. The molecule has 0 aromatic carbocycles. The van der Waals surface area contributed by atoms with Gasteiger partial charge in [-0.1, -0.05) is 20.4 Å². The molecule has 137 valence electrons. The molecule has 0 aliphatic heterocycles. The summed E-state index contributed by atoms with van der Waals surface area (Å²) in [7, 11) is 0. The van der Waals surface area contributed by atoms with Gasteiger partial charge in [0.2, 0.25) is 0 Å². The van der Waals surface area contributed by atoms with E-state index >= 15 is 0 Å². The van der Waals surface area contributed by atoms with Crippen molar-refractivity contribution >= 4 is 18.9 Å². The molecule has 0 unspecified atom stereocenters. The number of carbonyl (C=O) groups excluding carboxylic acids is 3. The molecule has 0 saturated carbocycles. The number of hydrogen-bond acceptors (Lipinski definition) is 4. The molecular weight excluding hydrogens is 701 g/mol. The molecular formula is C16H29O4Y5-5. The Kier molecular flexibility index (Phi) is 788. The van der Waals surface area contributed by atoms with E-state index in [9.17, 15) is 0 Å². The summed E-state index contributed by atoms with van der Waals surface area (Å²) in [6.07, 6.45) is 7.28. The summed E-state index contributed by atoms with van der Waals surface area (Å²) < 4.78 is 0. The van der Waals surface area contributed by atoms with Gasteiger partial charge in [0.05, 0.1) is 6.26 Å². The number of aliphatic hydroxyl groups excluding tert-OH is 1. The van der Waals surface area contributed by atoms with Crippen LogP contribution in [0.3, 0.4) is 0 Å². The Balaban J connectivity index is -0.00000000605. The molecule has 5 radical (unpaired) electrons. The van der Waals surface area contributed by atoms with E-state index < -0.39 is 0 Å². The Morgan fingerprint density at radius 1 is 0.720 bits per heavy atom. The van der Waals surface area contributed by atoms with Gasteiger partial charge >= 0.3 is 0 Å². The molecule has 4 nitrogen and oxygen atoms in total. The van der Waals surface area contributed by atoms with E-state index in [1.54, 1.807) is 0 Å². The van der Waals surface area contributed by atoms with Crippen molar-refractivity contribution in [3.63, 3.8) is 0 Å². The van der Waals surface area contributed by atoms with Crippen LogP contribution in [0.1, 0.15) is 20.8 Å². The smallest absolute Gasteiger partial charge is 0.0719 e. The van der Waals surface area contributed by atoms with Crippen LogP contribution in [0, 0.1) is 14.9 Å². The predicted molar refractivity (Wildman–Crippen MR) is 91.4 cm³/mol. The van der Waals surface area contributed by atoms with Gasteiger partial charge in [-0.15, -0.1) is 13.2 Å². The van der Waals surface area contributed by atoms with Gasteiger partial charge in [0, 0.05) is 164 Å². The number of hydrogen-bond donors (Lipinski definition) is 1. The van der Waals surface area contributed by atoms with Crippen LogP contribution in [0.4, 0.5) is 0 Å². The van der Waals surface area contributed by atoms with E-state index in [2.05, 4.69) is 32.9 Å². The Bertz CT molecular complexity index is 152. The Morgan fingerprint density at radius 3 is 0.760 bits per heavy atom. The van der Waals surface area contributed by atoms with Gasteiger partial charge in [0.25, 0.3) is 0 Å². The van der Waals surface area contributed by atoms with E-state index in [0.717, 1.165) is 18.4 Å². The zero-order chi connectivity index (χ0) is 16.2. The second-order valence-electron chi connectivity index (χ2n) is 1.03. The maximum atomic E-state index is 8.93. The molecule has 0 spiro atoms. The summed E-state index contributed by atoms with van der Waals surface area (Å²) in [5.41, 5.74) is 0. The van der Waals surface area contributed by atoms with Gasteiger partial charge in [-0.05, 0) is 12.6 Å². The van der Waals surface area contributed by atoms with Crippen LogP contribution in [-0.2, 0) is 178 Å². The fourth-order valence-electron chi connectivity index (χ4n) is 0. The Labute approximate surface area is 283 Å². The minimum absolute atomic E-state index is 0. The average Bonchev–Trinajstić information content (AvgIpc) is 2.45. The van der Waals surface area contributed by atoms with Gasteiger partial charge in [-0.25, -0.2) is 25.3 Å². The second-order valence-corrected chi connectivity index (χ2v) is 1.03. The van der Waals surface area contributed by atoms with Gasteiger partial charge in [0.15, 0.2) is 0 Å². The molecule has 0 saturated heterocycles. The van der Waals surface area contributed by atoms with E-state index in [-0.39, 0.29) is 178 Å². The fourth-order valence-corrected chi connectivity index (χ4v) is 0. The van der Waals surface area contributed by atoms with Crippen LogP contribution in [0.5, 0.6) is 0 Å². The van der Waals surface area contributed by atoms with E-state index in [0.29, 0.717) is 0 Å². The molecule has 1 N–H and O–H groups in total. The third-order valence-electron chi connectivity index (χ3n) is 0.167. The van der Waals surface area contributed by atoms with Gasteiger partial charge in [0.1, 0.15) is 0 Å². The van der Waals surface area contributed by atoms with Crippen LogP contribution in [-0.4, -0.2) is 24.0 Å². The van der Waals surface area contributed by atoms with Gasteiger partial charge in [-0.3, -0.25) is 6.29 Å². The number of allylic oxidation sites excluding steroid dienone is 2. The Hall–Kier alpha value is 3.29. The SMILES string of the molecule is C=C.C=CO.C=C[C-]=O.C=C[C-]=O.CC.C[C-]=O.[CH3-].[CH3-].[Y].[Y].[Y].[Y].[Y]. The molecule has 0 aromatic heterocycles. The summed E-state index contributed by atoms with van der Waals surface area (Å²) in [6.45, 7) is 20.3. The van der Waals surface area contributed by atoms with Gasteiger partial charge < -0.3 is 34.3 Å². The first-order valence-corrected chi connectivity index (χ1v) is 4.67. The minimum atomic E-state index is 0. The first-order valence-electron chi connectivity index (χ1n) is 4.67. The predicted octanol–water partition coefficient (Wildman–Crippen LogP) is 4.08. The van der Waals surface area contributed by atoms with Crippen LogP contribution in [0.15, 0.2) is 51.3 Å². The van der Waals surface area contributed by atoms with Crippen molar-refractivity contribution in [2.24, 2.45) is 0 Å². The van der Waals surface area contributed by atoms with Crippen molar-refractivity contribution in [1.29, 1.82) is 0 Å². The molecule has 0 heterocycles. The number of aliphatic hydroxyl groups is 1. The van der Waals surface area contributed by atoms with Crippen molar-refractivity contribution in [1.82, 2.24) is 0 Å². The second kappa shape index (κ2) is 219. The summed E-state index contributed by atoms with van der Waals surface area (Å²) in [5, 5.41) is 7.33. The normalized spacial score (nSPS) is 3.00. The largest absolute Gasteiger partial charge is 0.542 e. The molecule has 9 heteroatoms. The molecule has 0 rings (SSSR count). The van der Waals surface area contributed by atoms with Crippen LogP contribution in [0.25, 0.3) is 0 Å². The molecule has 0 aliphatic carbocycles. The molecule has 25 heavy (non-hydrogen) atoms. The minimum Gasteiger partial charge on any atom is -0.542 e. The van der Waals surface area contributed by atoms with Crippen LogP contribution >= 0.6 is 0 Å². The molecule has 0 aliphatic rings. The monoisotopic (exact) mass is 730 g/mol. The summed E-state index contributed by atoms with van der Waals surface area (Å²) in [5.74, 6) is 0. The quantitative estimate of drug-likeness (QED) is 0.202. The molecule has 0 amide bonds. The van der Waals surface area contributed by atoms with Crippen molar-refractivity contribution in [3.8, 4) is 0 Å². The van der Waals surface area contributed by atoms with E-state index in [1.807, 2.05) is 13.8 Å². The third kappa shape index (κ3) is 624. The first-order chi connectivity index (χ1) is 8.66. The molecule has 0 fully saturated rings. The standard InChI is InChI=1S/2C3H3O.C2H4O.C2H3O.C2H6.C2H4.2CH3.5Y/c2*1-2-3-4;2*1-2-3;2*1-2;;;;;;;/h2*2H,1H2;2-3H,1H2;1H3;1-2H3;1-2H2;2*1H3;;;;;/q2*-1;;-1;;;2*-1;;;;;. The van der Waals surface area contributed by atoms with Crippen molar-refractivity contribution < 1.29 is 183 Å². The summed E-state index contributed by atoms with van der Waals surface area (Å²) >= 11 is 0. The first kappa shape index (κ1) is 90.1. The Morgan fingerprint density at radius 2 is 0.760 bits per heavy atom. The zero-order valence-electron chi connectivity index (χ0n) is 16.3. The topological polar surface area (TPSA) is 71.4 Å². The van der Waals surface area contributed by atoms with E-state index in [1.165, 1.54) is 25.8 Å². The van der Waals surface area contributed by atoms with Crippen LogP contribution < -0.4 is 0 Å². The molecule has 0 aromatic rings. The maximum Gasteiger partial charge on any atom is 0.0719 e. The van der Waals surface area contributed by atoms with E-state index in [4.69, 9.17) is 19.5 Å². The maximum absolute atomic E-state index is 8.93. The van der Waals surface area contributed by atoms with Crippen molar-refractivity contribution in [2.45, 2.75) is 20.8 Å².